The molecule has 0 radical (unpaired) electrons. The summed E-state index contributed by atoms with van der Waals surface area (Å²) in [6.07, 6.45) is 6.30. The molecule has 3 atom stereocenters. The van der Waals surface area contributed by atoms with Crippen LogP contribution >= 0.6 is 0 Å². The highest BCUT2D eigenvalue weighted by atomic mass is 16.2. The lowest BCUT2D eigenvalue weighted by Gasteiger charge is -2.42. The maximum Gasteiger partial charge on any atom is 0.317 e. The van der Waals surface area contributed by atoms with Crippen molar-refractivity contribution in [3.05, 3.63) is 0 Å². The van der Waals surface area contributed by atoms with E-state index in [1.165, 1.54) is 25.7 Å². The van der Waals surface area contributed by atoms with Gasteiger partial charge in [0.05, 0.1) is 6.04 Å². The predicted molar refractivity (Wildman–Crippen MR) is 70.3 cm³/mol. The zero-order valence-corrected chi connectivity index (χ0v) is 11.0. The summed E-state index contributed by atoms with van der Waals surface area (Å²) in [6.45, 7) is 3.65. The fourth-order valence-electron chi connectivity index (χ4n) is 3.70. The van der Waals surface area contributed by atoms with Crippen molar-refractivity contribution in [2.75, 3.05) is 26.2 Å². The molecule has 18 heavy (non-hydrogen) atoms. The standard InChI is InChI=1S/C13H24N4O/c14-11-4-2-1-3-5-12(11)16-6-7-17-10(9-16)8-15-13(17)18/h10-12H,1-9,14H2,(H,15,18). The molecule has 2 aliphatic heterocycles. The van der Waals surface area contributed by atoms with Crippen LogP contribution in [0.5, 0.6) is 0 Å². The van der Waals surface area contributed by atoms with Crippen molar-refractivity contribution in [3.63, 3.8) is 0 Å². The first kappa shape index (κ1) is 12.2. The third-order valence-corrected chi connectivity index (χ3v) is 4.76. The maximum absolute atomic E-state index is 11.6. The van der Waals surface area contributed by atoms with Crippen LogP contribution in [0.3, 0.4) is 0 Å². The van der Waals surface area contributed by atoms with Gasteiger partial charge in [-0.3, -0.25) is 4.90 Å². The normalized spacial score (nSPS) is 38.2. The Bertz CT molecular complexity index is 322. The van der Waals surface area contributed by atoms with Crippen molar-refractivity contribution in [1.29, 1.82) is 0 Å². The average molecular weight is 252 g/mol. The second-order valence-electron chi connectivity index (χ2n) is 5.90. The van der Waals surface area contributed by atoms with Gasteiger partial charge >= 0.3 is 6.03 Å². The third kappa shape index (κ3) is 2.21. The monoisotopic (exact) mass is 252 g/mol. The molecule has 2 heterocycles. The molecule has 3 rings (SSSR count). The van der Waals surface area contributed by atoms with Crippen molar-refractivity contribution >= 4 is 6.03 Å². The van der Waals surface area contributed by atoms with Crippen molar-refractivity contribution in [1.82, 2.24) is 15.1 Å². The van der Waals surface area contributed by atoms with Crippen molar-refractivity contribution < 1.29 is 4.79 Å². The van der Waals surface area contributed by atoms with E-state index in [1.54, 1.807) is 0 Å². The molecule has 1 saturated carbocycles. The summed E-state index contributed by atoms with van der Waals surface area (Å²) in [5.74, 6) is 0. The summed E-state index contributed by atoms with van der Waals surface area (Å²) in [5, 5.41) is 2.94. The lowest BCUT2D eigenvalue weighted by molar-refractivity contribution is 0.0745. The molecular weight excluding hydrogens is 228 g/mol. The van der Waals surface area contributed by atoms with Crippen LogP contribution in [0.25, 0.3) is 0 Å². The van der Waals surface area contributed by atoms with E-state index < -0.39 is 0 Å². The Balaban J connectivity index is 1.64. The van der Waals surface area contributed by atoms with Gasteiger partial charge in [-0.1, -0.05) is 19.3 Å². The highest BCUT2D eigenvalue weighted by molar-refractivity contribution is 5.77. The Labute approximate surface area is 109 Å². The lowest BCUT2D eigenvalue weighted by atomic mass is 10.00. The Hall–Kier alpha value is -0.810. The van der Waals surface area contributed by atoms with Gasteiger partial charge in [-0.2, -0.15) is 0 Å². The second kappa shape index (κ2) is 5.05. The Morgan fingerprint density at radius 3 is 2.89 bits per heavy atom. The van der Waals surface area contributed by atoms with Gasteiger partial charge in [0.1, 0.15) is 0 Å². The minimum absolute atomic E-state index is 0.116. The minimum Gasteiger partial charge on any atom is -0.336 e. The number of nitrogens with zero attached hydrogens (tertiary/aromatic N) is 2. The van der Waals surface area contributed by atoms with Crippen LogP contribution in [0.1, 0.15) is 32.1 Å². The molecule has 0 aromatic carbocycles. The number of rotatable bonds is 1. The summed E-state index contributed by atoms with van der Waals surface area (Å²) in [5.41, 5.74) is 6.34. The summed E-state index contributed by atoms with van der Waals surface area (Å²) in [6, 6.07) is 1.33. The third-order valence-electron chi connectivity index (χ3n) is 4.76. The van der Waals surface area contributed by atoms with Crippen molar-refractivity contribution in [3.8, 4) is 0 Å². The first-order chi connectivity index (χ1) is 8.75. The lowest BCUT2D eigenvalue weighted by Crippen LogP contribution is -2.58. The first-order valence-corrected chi connectivity index (χ1v) is 7.30. The molecule has 102 valence electrons. The van der Waals surface area contributed by atoms with Crippen molar-refractivity contribution in [2.45, 2.75) is 50.2 Å². The number of amides is 2. The van der Waals surface area contributed by atoms with Gasteiger partial charge in [0.25, 0.3) is 0 Å². The van der Waals surface area contributed by atoms with E-state index in [4.69, 9.17) is 5.73 Å². The van der Waals surface area contributed by atoms with Gasteiger partial charge in [0, 0.05) is 38.3 Å². The number of piperazine rings is 1. The largest absolute Gasteiger partial charge is 0.336 e. The molecule has 5 nitrogen and oxygen atoms in total. The van der Waals surface area contributed by atoms with Crippen LogP contribution in [0.15, 0.2) is 0 Å². The summed E-state index contributed by atoms with van der Waals surface area (Å²) in [7, 11) is 0. The molecule has 2 saturated heterocycles. The fourth-order valence-corrected chi connectivity index (χ4v) is 3.70. The number of fused-ring (bicyclic) bond motifs is 1. The van der Waals surface area contributed by atoms with Gasteiger partial charge in [-0.25, -0.2) is 4.79 Å². The van der Waals surface area contributed by atoms with Crippen LogP contribution < -0.4 is 11.1 Å². The van der Waals surface area contributed by atoms with Gasteiger partial charge in [-0.15, -0.1) is 0 Å². The van der Waals surface area contributed by atoms with Gasteiger partial charge < -0.3 is 16.0 Å². The highest BCUT2D eigenvalue weighted by Crippen LogP contribution is 2.24. The van der Waals surface area contributed by atoms with Crippen LogP contribution in [-0.2, 0) is 0 Å². The molecule has 3 unspecified atom stereocenters. The molecule has 3 fully saturated rings. The van der Waals surface area contributed by atoms with Gasteiger partial charge in [0.2, 0.25) is 0 Å². The molecule has 0 aromatic heterocycles. The Morgan fingerprint density at radius 1 is 1.17 bits per heavy atom. The number of urea groups is 1. The molecule has 3 aliphatic rings. The van der Waals surface area contributed by atoms with E-state index in [2.05, 4.69) is 10.2 Å². The molecule has 0 bridgehead atoms. The molecule has 0 aromatic rings. The molecular formula is C13H24N4O. The second-order valence-corrected chi connectivity index (χ2v) is 5.90. The van der Waals surface area contributed by atoms with Crippen LogP contribution in [0, 0.1) is 0 Å². The SMILES string of the molecule is NC1CCCCCC1N1CCN2C(=O)NCC2C1. The van der Waals surface area contributed by atoms with Gasteiger partial charge in [-0.05, 0) is 12.8 Å². The first-order valence-electron chi connectivity index (χ1n) is 7.30. The summed E-state index contributed by atoms with van der Waals surface area (Å²) >= 11 is 0. The highest BCUT2D eigenvalue weighted by Gasteiger charge is 2.38. The Morgan fingerprint density at radius 2 is 2.00 bits per heavy atom. The quantitative estimate of drug-likeness (QED) is 0.662. The Kier molecular flexibility index (Phi) is 3.43. The summed E-state index contributed by atoms with van der Waals surface area (Å²) in [4.78, 5) is 16.1. The van der Waals surface area contributed by atoms with E-state index in [1.807, 2.05) is 4.90 Å². The zero-order valence-electron chi connectivity index (χ0n) is 11.0. The van der Waals surface area contributed by atoms with E-state index in [-0.39, 0.29) is 6.03 Å². The van der Waals surface area contributed by atoms with Crippen molar-refractivity contribution in [2.24, 2.45) is 5.73 Å². The molecule has 1 aliphatic carbocycles. The number of carbonyl (C=O) groups excluding carboxylic acids is 1. The van der Waals surface area contributed by atoms with Crippen LogP contribution in [0.4, 0.5) is 4.79 Å². The molecule has 2 amide bonds. The predicted octanol–water partition coefficient (Wildman–Crippen LogP) is 0.356. The summed E-state index contributed by atoms with van der Waals surface area (Å²) < 4.78 is 0. The maximum atomic E-state index is 11.6. The number of nitrogens with two attached hydrogens (primary N) is 1. The number of hydrogen-bond donors (Lipinski definition) is 2. The number of hydrogen-bond acceptors (Lipinski definition) is 3. The van der Waals surface area contributed by atoms with E-state index in [0.717, 1.165) is 32.6 Å². The zero-order chi connectivity index (χ0) is 12.5. The number of nitrogens with one attached hydrogen (secondary N) is 1. The average Bonchev–Trinajstić information content (AvgIpc) is 2.61. The van der Waals surface area contributed by atoms with E-state index in [9.17, 15) is 4.79 Å². The van der Waals surface area contributed by atoms with Gasteiger partial charge in [0.15, 0.2) is 0 Å². The van der Waals surface area contributed by atoms with E-state index >= 15 is 0 Å². The molecule has 0 spiro atoms. The van der Waals surface area contributed by atoms with Crippen LogP contribution in [0.2, 0.25) is 0 Å². The minimum atomic E-state index is 0.116. The molecule has 5 heteroatoms. The topological polar surface area (TPSA) is 61.6 Å². The molecule has 3 N–H and O–H groups in total. The fraction of sp³-hybridized carbons (Fsp3) is 0.923. The van der Waals surface area contributed by atoms with E-state index in [0.29, 0.717) is 18.1 Å². The van der Waals surface area contributed by atoms with Crippen LogP contribution in [-0.4, -0.2) is 60.1 Å². The smallest absolute Gasteiger partial charge is 0.317 e. The number of carbonyl (C=O) groups is 1.